The largest absolute Gasteiger partial charge is 0.348 e. The summed E-state index contributed by atoms with van der Waals surface area (Å²) in [6.07, 6.45) is 2.47. The van der Waals surface area contributed by atoms with Gasteiger partial charge in [0.2, 0.25) is 0 Å². The number of nitrogens with one attached hydrogen (secondary N) is 3. The fraction of sp³-hybridized carbons (Fsp3) is 0.375. The van der Waals surface area contributed by atoms with E-state index in [1.165, 1.54) is 12.3 Å². The van der Waals surface area contributed by atoms with Gasteiger partial charge in [-0.25, -0.2) is 4.39 Å². The van der Waals surface area contributed by atoms with Gasteiger partial charge in [-0.05, 0) is 31.0 Å². The number of aromatic amines is 1. The zero-order valence-corrected chi connectivity index (χ0v) is 12.4. The second kappa shape index (κ2) is 6.27. The van der Waals surface area contributed by atoms with Crippen molar-refractivity contribution in [2.45, 2.75) is 19.4 Å². The van der Waals surface area contributed by atoms with E-state index in [1.807, 2.05) is 0 Å². The highest BCUT2D eigenvalue weighted by atomic mass is 19.1. The number of piperidine rings is 1. The van der Waals surface area contributed by atoms with E-state index in [9.17, 15) is 9.18 Å². The van der Waals surface area contributed by atoms with Gasteiger partial charge >= 0.3 is 0 Å². The minimum atomic E-state index is -0.381. The average Bonchev–Trinajstić information content (AvgIpc) is 2.99. The Bertz CT molecular complexity index is 670. The highest BCUT2D eigenvalue weighted by molar-refractivity contribution is 6.00. The average molecular weight is 302 g/mol. The van der Waals surface area contributed by atoms with Crippen LogP contribution in [0.25, 0.3) is 11.3 Å². The summed E-state index contributed by atoms with van der Waals surface area (Å²) in [7, 11) is 0. The van der Waals surface area contributed by atoms with E-state index < -0.39 is 0 Å². The fourth-order valence-corrected chi connectivity index (χ4v) is 2.76. The van der Waals surface area contributed by atoms with Gasteiger partial charge in [-0.15, -0.1) is 0 Å². The van der Waals surface area contributed by atoms with Crippen LogP contribution < -0.4 is 10.6 Å². The third-order valence-corrected chi connectivity index (χ3v) is 4.17. The minimum absolute atomic E-state index is 0.0737. The van der Waals surface area contributed by atoms with Gasteiger partial charge in [0.05, 0.1) is 17.5 Å². The molecule has 3 rings (SSSR count). The summed E-state index contributed by atoms with van der Waals surface area (Å²) in [6.45, 7) is 3.85. The molecule has 5 nitrogen and oxygen atoms in total. The molecule has 1 aromatic carbocycles. The van der Waals surface area contributed by atoms with Crippen molar-refractivity contribution >= 4 is 5.91 Å². The maximum Gasteiger partial charge on any atom is 0.255 e. The van der Waals surface area contributed by atoms with E-state index in [0.29, 0.717) is 22.7 Å². The van der Waals surface area contributed by atoms with Gasteiger partial charge in [-0.3, -0.25) is 9.89 Å². The molecule has 3 N–H and O–H groups in total. The molecule has 2 unspecified atom stereocenters. The van der Waals surface area contributed by atoms with Crippen LogP contribution in [0.15, 0.2) is 30.5 Å². The van der Waals surface area contributed by atoms with Gasteiger partial charge in [0.15, 0.2) is 0 Å². The van der Waals surface area contributed by atoms with E-state index in [4.69, 9.17) is 0 Å². The van der Waals surface area contributed by atoms with E-state index in [1.54, 1.807) is 18.2 Å². The monoisotopic (exact) mass is 302 g/mol. The van der Waals surface area contributed by atoms with E-state index in [-0.39, 0.29) is 17.8 Å². The molecule has 0 aliphatic carbocycles. The molecule has 1 aliphatic heterocycles. The predicted molar refractivity (Wildman–Crippen MR) is 81.9 cm³/mol. The molecule has 0 radical (unpaired) electrons. The molecule has 6 heteroatoms. The second-order valence-electron chi connectivity index (χ2n) is 5.69. The number of hydrogen-bond acceptors (Lipinski definition) is 3. The van der Waals surface area contributed by atoms with Crippen LogP contribution in [-0.2, 0) is 0 Å². The highest BCUT2D eigenvalue weighted by Crippen LogP contribution is 2.24. The van der Waals surface area contributed by atoms with E-state index >= 15 is 0 Å². The number of carbonyl (C=O) groups excluding carboxylic acids is 1. The summed E-state index contributed by atoms with van der Waals surface area (Å²) in [5.41, 5.74) is 1.12. The molecule has 2 heterocycles. The van der Waals surface area contributed by atoms with Crippen LogP contribution in [0, 0.1) is 11.7 Å². The van der Waals surface area contributed by atoms with Crippen LogP contribution in [-0.4, -0.2) is 35.2 Å². The number of amides is 1. The summed E-state index contributed by atoms with van der Waals surface area (Å²) in [5, 5.41) is 12.9. The van der Waals surface area contributed by atoms with Crippen LogP contribution in [0.4, 0.5) is 4.39 Å². The summed E-state index contributed by atoms with van der Waals surface area (Å²) in [6, 6.07) is 6.41. The maximum atomic E-state index is 13.9. The maximum absolute atomic E-state index is 13.9. The first-order chi connectivity index (χ1) is 10.7. The molecule has 1 amide bonds. The van der Waals surface area contributed by atoms with Crippen LogP contribution in [0.2, 0.25) is 0 Å². The van der Waals surface area contributed by atoms with Crippen molar-refractivity contribution in [3.05, 3.63) is 41.8 Å². The molecule has 0 bridgehead atoms. The van der Waals surface area contributed by atoms with Crippen molar-refractivity contribution in [3.8, 4) is 11.3 Å². The second-order valence-corrected chi connectivity index (χ2v) is 5.69. The van der Waals surface area contributed by atoms with Crippen LogP contribution >= 0.6 is 0 Å². The molecule has 1 saturated heterocycles. The van der Waals surface area contributed by atoms with Gasteiger partial charge in [0.25, 0.3) is 5.91 Å². The Labute approximate surface area is 128 Å². The Morgan fingerprint density at radius 1 is 1.41 bits per heavy atom. The Balaban J connectivity index is 1.82. The summed E-state index contributed by atoms with van der Waals surface area (Å²) in [5.74, 6) is -0.199. The fourth-order valence-electron chi connectivity index (χ4n) is 2.76. The summed E-state index contributed by atoms with van der Waals surface area (Å²) in [4.78, 5) is 12.5. The Morgan fingerprint density at radius 2 is 2.23 bits per heavy atom. The molecule has 116 valence electrons. The van der Waals surface area contributed by atoms with Crippen molar-refractivity contribution in [2.75, 3.05) is 13.1 Å². The number of rotatable bonds is 3. The number of carbonyl (C=O) groups is 1. The zero-order valence-electron chi connectivity index (χ0n) is 12.4. The molecule has 0 spiro atoms. The first-order valence-corrected chi connectivity index (χ1v) is 7.46. The van der Waals surface area contributed by atoms with Crippen molar-refractivity contribution < 1.29 is 9.18 Å². The van der Waals surface area contributed by atoms with E-state index in [2.05, 4.69) is 27.8 Å². The normalized spacial score (nSPS) is 21.5. The number of benzene rings is 1. The molecule has 2 atom stereocenters. The Morgan fingerprint density at radius 3 is 3.00 bits per heavy atom. The number of hydrogen-bond donors (Lipinski definition) is 3. The number of nitrogens with zero attached hydrogens (tertiary/aromatic N) is 1. The standard InChI is InChI=1S/C16H19FN4O/c1-10-6-7-18-9-14(10)20-16(22)12-8-19-21-15(12)11-4-2-3-5-13(11)17/h2-5,8,10,14,18H,6-7,9H2,1H3,(H,19,21)(H,20,22). The lowest BCUT2D eigenvalue weighted by Gasteiger charge is -2.30. The Kier molecular flexibility index (Phi) is 4.20. The predicted octanol–water partition coefficient (Wildman–Crippen LogP) is 1.94. The van der Waals surface area contributed by atoms with E-state index in [0.717, 1.165) is 19.5 Å². The van der Waals surface area contributed by atoms with Crippen molar-refractivity contribution in [2.24, 2.45) is 5.92 Å². The molecular weight excluding hydrogens is 283 g/mol. The molecule has 22 heavy (non-hydrogen) atoms. The third-order valence-electron chi connectivity index (χ3n) is 4.17. The van der Waals surface area contributed by atoms with Crippen LogP contribution in [0.5, 0.6) is 0 Å². The lowest BCUT2D eigenvalue weighted by Crippen LogP contribution is -2.50. The molecule has 1 fully saturated rings. The van der Waals surface area contributed by atoms with Gasteiger partial charge in [0.1, 0.15) is 5.82 Å². The van der Waals surface area contributed by atoms with Crippen LogP contribution in [0.3, 0.4) is 0 Å². The number of H-pyrrole nitrogens is 1. The zero-order chi connectivity index (χ0) is 15.5. The number of aromatic nitrogens is 2. The van der Waals surface area contributed by atoms with Gasteiger partial charge in [-0.2, -0.15) is 5.10 Å². The highest BCUT2D eigenvalue weighted by Gasteiger charge is 2.25. The lowest BCUT2D eigenvalue weighted by molar-refractivity contribution is 0.0916. The molecule has 1 aliphatic rings. The van der Waals surface area contributed by atoms with Crippen molar-refractivity contribution in [1.29, 1.82) is 0 Å². The molecule has 0 saturated carbocycles. The topological polar surface area (TPSA) is 69.8 Å². The molecule has 2 aromatic rings. The molecular formula is C16H19FN4O. The van der Waals surface area contributed by atoms with Gasteiger partial charge in [0, 0.05) is 18.2 Å². The lowest BCUT2D eigenvalue weighted by atomic mass is 9.94. The van der Waals surface area contributed by atoms with Crippen molar-refractivity contribution in [1.82, 2.24) is 20.8 Å². The minimum Gasteiger partial charge on any atom is -0.348 e. The summed E-state index contributed by atoms with van der Waals surface area (Å²) >= 11 is 0. The van der Waals surface area contributed by atoms with Gasteiger partial charge < -0.3 is 10.6 Å². The van der Waals surface area contributed by atoms with Crippen LogP contribution in [0.1, 0.15) is 23.7 Å². The van der Waals surface area contributed by atoms with Gasteiger partial charge in [-0.1, -0.05) is 19.1 Å². The Hall–Kier alpha value is -2.21. The first-order valence-electron chi connectivity index (χ1n) is 7.46. The SMILES string of the molecule is CC1CCNCC1NC(=O)c1cn[nH]c1-c1ccccc1F. The molecule has 1 aromatic heterocycles. The van der Waals surface area contributed by atoms with Crippen molar-refractivity contribution in [3.63, 3.8) is 0 Å². The summed E-state index contributed by atoms with van der Waals surface area (Å²) < 4.78 is 13.9. The number of halogens is 1. The quantitative estimate of drug-likeness (QED) is 0.811. The first kappa shape index (κ1) is 14.7. The smallest absolute Gasteiger partial charge is 0.255 e. The third kappa shape index (κ3) is 2.87.